The van der Waals surface area contributed by atoms with Gasteiger partial charge in [0, 0.05) is 10.9 Å². The molecule has 104 valence electrons. The molecule has 0 saturated heterocycles. The van der Waals surface area contributed by atoms with Gasteiger partial charge in [0.05, 0.1) is 12.2 Å². The van der Waals surface area contributed by atoms with Crippen LogP contribution in [0.3, 0.4) is 0 Å². The summed E-state index contributed by atoms with van der Waals surface area (Å²) >= 11 is 1.40. The van der Waals surface area contributed by atoms with Gasteiger partial charge in [0.1, 0.15) is 5.00 Å². The second-order valence-electron chi connectivity index (χ2n) is 4.58. The first kappa shape index (κ1) is 13.9. The van der Waals surface area contributed by atoms with Crippen molar-refractivity contribution in [2.45, 2.75) is 39.7 Å². The third-order valence-electron chi connectivity index (χ3n) is 3.00. The lowest BCUT2D eigenvalue weighted by atomic mass is 10.1. The van der Waals surface area contributed by atoms with Gasteiger partial charge in [-0.1, -0.05) is 0 Å². The van der Waals surface area contributed by atoms with Crippen LogP contribution in [0.4, 0.5) is 9.80 Å². The van der Waals surface area contributed by atoms with Gasteiger partial charge < -0.3 is 10.1 Å². The Kier molecular flexibility index (Phi) is 4.09. The standard InChI is InChI=1S/C13H18N2O3S/c1-4-18-12(16)10-7(2)8(3)19-11(10)15-13(17)14-9-5-6-9/h9H,4-6H2,1-3H3,(H2,14,15,17). The summed E-state index contributed by atoms with van der Waals surface area (Å²) in [7, 11) is 0. The molecule has 0 bridgehead atoms. The Morgan fingerprint density at radius 3 is 2.63 bits per heavy atom. The Labute approximate surface area is 116 Å². The summed E-state index contributed by atoms with van der Waals surface area (Å²) in [5.74, 6) is -0.383. The number of ether oxygens (including phenoxy) is 1. The molecule has 1 heterocycles. The van der Waals surface area contributed by atoms with E-state index >= 15 is 0 Å². The van der Waals surface area contributed by atoms with Crippen molar-refractivity contribution < 1.29 is 14.3 Å². The molecule has 6 heteroatoms. The Morgan fingerprint density at radius 2 is 2.05 bits per heavy atom. The van der Waals surface area contributed by atoms with Gasteiger partial charge in [0.15, 0.2) is 0 Å². The zero-order valence-electron chi connectivity index (χ0n) is 11.3. The monoisotopic (exact) mass is 282 g/mol. The molecule has 0 aromatic carbocycles. The third kappa shape index (κ3) is 3.26. The number of carbonyl (C=O) groups excluding carboxylic acids is 2. The minimum Gasteiger partial charge on any atom is -0.462 e. The van der Waals surface area contributed by atoms with Gasteiger partial charge in [-0.15, -0.1) is 11.3 Å². The molecule has 2 rings (SSSR count). The van der Waals surface area contributed by atoms with Crippen LogP contribution < -0.4 is 10.6 Å². The number of rotatable bonds is 4. The van der Waals surface area contributed by atoms with E-state index in [2.05, 4.69) is 10.6 Å². The van der Waals surface area contributed by atoms with E-state index < -0.39 is 0 Å². The van der Waals surface area contributed by atoms with Crippen molar-refractivity contribution in [1.82, 2.24) is 5.32 Å². The van der Waals surface area contributed by atoms with Gasteiger partial charge in [0.2, 0.25) is 0 Å². The van der Waals surface area contributed by atoms with Crippen LogP contribution >= 0.6 is 11.3 Å². The highest BCUT2D eigenvalue weighted by Crippen LogP contribution is 2.33. The number of amides is 2. The molecule has 1 aliphatic carbocycles. The number of thiophene rings is 1. The summed E-state index contributed by atoms with van der Waals surface area (Å²) < 4.78 is 5.03. The zero-order chi connectivity index (χ0) is 14.0. The number of aryl methyl sites for hydroxylation is 1. The quantitative estimate of drug-likeness (QED) is 0.834. The van der Waals surface area contributed by atoms with E-state index in [1.54, 1.807) is 6.92 Å². The van der Waals surface area contributed by atoms with Crippen LogP contribution in [0.5, 0.6) is 0 Å². The number of carbonyl (C=O) groups is 2. The zero-order valence-corrected chi connectivity index (χ0v) is 12.1. The Bertz CT molecular complexity index is 506. The summed E-state index contributed by atoms with van der Waals surface area (Å²) in [4.78, 5) is 24.7. The summed E-state index contributed by atoms with van der Waals surface area (Å²) in [5, 5.41) is 6.15. The van der Waals surface area contributed by atoms with Gasteiger partial charge >= 0.3 is 12.0 Å². The van der Waals surface area contributed by atoms with Crippen LogP contribution in [0.25, 0.3) is 0 Å². The molecule has 5 nitrogen and oxygen atoms in total. The molecule has 0 spiro atoms. The predicted octanol–water partition coefficient (Wildman–Crippen LogP) is 2.83. The maximum absolute atomic E-state index is 11.9. The number of nitrogens with one attached hydrogen (secondary N) is 2. The maximum atomic E-state index is 11.9. The van der Waals surface area contributed by atoms with Crippen LogP contribution in [-0.2, 0) is 4.74 Å². The second-order valence-corrected chi connectivity index (χ2v) is 5.81. The summed E-state index contributed by atoms with van der Waals surface area (Å²) in [5.41, 5.74) is 1.33. The van der Waals surface area contributed by atoms with Gasteiger partial charge in [-0.05, 0) is 39.2 Å². The van der Waals surface area contributed by atoms with Crippen molar-refractivity contribution in [2.75, 3.05) is 11.9 Å². The van der Waals surface area contributed by atoms with E-state index in [1.165, 1.54) is 11.3 Å². The minimum absolute atomic E-state index is 0.255. The molecule has 1 aromatic heterocycles. The lowest BCUT2D eigenvalue weighted by Crippen LogP contribution is -2.30. The molecule has 1 aliphatic rings. The van der Waals surface area contributed by atoms with E-state index in [4.69, 9.17) is 4.74 Å². The van der Waals surface area contributed by atoms with Gasteiger partial charge in [-0.2, -0.15) is 0 Å². The SMILES string of the molecule is CCOC(=O)c1c(NC(=O)NC2CC2)sc(C)c1C. The van der Waals surface area contributed by atoms with Crippen LogP contribution in [0.2, 0.25) is 0 Å². The molecular formula is C13H18N2O3S. The van der Waals surface area contributed by atoms with E-state index in [1.807, 2.05) is 13.8 Å². The molecule has 1 aromatic rings. The molecular weight excluding hydrogens is 264 g/mol. The summed E-state index contributed by atoms with van der Waals surface area (Å²) in [6, 6.07) is 0.0301. The molecule has 1 fully saturated rings. The second kappa shape index (κ2) is 5.61. The minimum atomic E-state index is -0.383. The average Bonchev–Trinajstić information content (AvgIpc) is 3.08. The van der Waals surface area contributed by atoms with Crippen LogP contribution in [0, 0.1) is 13.8 Å². The number of esters is 1. The van der Waals surface area contributed by atoms with E-state index in [9.17, 15) is 9.59 Å². The molecule has 0 unspecified atom stereocenters. The summed E-state index contributed by atoms with van der Waals surface area (Å²) in [6.07, 6.45) is 2.06. The van der Waals surface area contributed by atoms with Crippen molar-refractivity contribution in [3.05, 3.63) is 16.0 Å². The van der Waals surface area contributed by atoms with E-state index in [-0.39, 0.29) is 18.0 Å². The number of hydrogen-bond acceptors (Lipinski definition) is 4. The Hall–Kier alpha value is -1.56. The van der Waals surface area contributed by atoms with Gasteiger partial charge in [0.25, 0.3) is 0 Å². The fourth-order valence-electron chi connectivity index (χ4n) is 1.72. The Balaban J connectivity index is 2.16. The van der Waals surface area contributed by atoms with E-state index in [0.717, 1.165) is 23.3 Å². The smallest absolute Gasteiger partial charge is 0.341 e. The normalized spacial score (nSPS) is 14.1. The average molecular weight is 282 g/mol. The summed E-state index contributed by atoms with van der Waals surface area (Å²) in [6.45, 7) is 5.87. The lowest BCUT2D eigenvalue weighted by Gasteiger charge is -2.07. The topological polar surface area (TPSA) is 67.4 Å². The van der Waals surface area contributed by atoms with Crippen molar-refractivity contribution >= 4 is 28.3 Å². The first-order chi connectivity index (χ1) is 9.02. The predicted molar refractivity (Wildman–Crippen MR) is 74.9 cm³/mol. The fraction of sp³-hybridized carbons (Fsp3) is 0.538. The molecule has 2 N–H and O–H groups in total. The highest BCUT2D eigenvalue weighted by molar-refractivity contribution is 7.16. The highest BCUT2D eigenvalue weighted by atomic mass is 32.1. The Morgan fingerprint density at radius 1 is 1.37 bits per heavy atom. The lowest BCUT2D eigenvalue weighted by molar-refractivity contribution is 0.0527. The van der Waals surface area contributed by atoms with Crippen molar-refractivity contribution in [3.8, 4) is 0 Å². The number of hydrogen-bond donors (Lipinski definition) is 2. The molecule has 0 atom stereocenters. The van der Waals surface area contributed by atoms with Crippen molar-refractivity contribution in [3.63, 3.8) is 0 Å². The highest BCUT2D eigenvalue weighted by Gasteiger charge is 2.26. The third-order valence-corrected chi connectivity index (χ3v) is 4.13. The number of urea groups is 1. The fourth-order valence-corrected chi connectivity index (χ4v) is 2.76. The molecule has 19 heavy (non-hydrogen) atoms. The largest absolute Gasteiger partial charge is 0.462 e. The van der Waals surface area contributed by atoms with Gasteiger partial charge in [-0.25, -0.2) is 9.59 Å². The van der Waals surface area contributed by atoms with Crippen molar-refractivity contribution in [1.29, 1.82) is 0 Å². The van der Waals surface area contributed by atoms with Crippen LogP contribution in [-0.4, -0.2) is 24.6 Å². The van der Waals surface area contributed by atoms with Crippen LogP contribution in [0.15, 0.2) is 0 Å². The van der Waals surface area contributed by atoms with Crippen molar-refractivity contribution in [2.24, 2.45) is 0 Å². The van der Waals surface area contributed by atoms with Crippen LogP contribution in [0.1, 0.15) is 40.6 Å². The van der Waals surface area contributed by atoms with E-state index in [0.29, 0.717) is 17.2 Å². The number of anilines is 1. The molecule has 0 radical (unpaired) electrons. The maximum Gasteiger partial charge on any atom is 0.341 e. The molecule has 0 aliphatic heterocycles. The molecule has 1 saturated carbocycles. The van der Waals surface area contributed by atoms with Gasteiger partial charge in [-0.3, -0.25) is 5.32 Å². The molecule has 2 amide bonds. The first-order valence-electron chi connectivity index (χ1n) is 6.37. The first-order valence-corrected chi connectivity index (χ1v) is 7.19.